The molecule has 122 valence electrons. The molecule has 0 fully saturated rings. The summed E-state index contributed by atoms with van der Waals surface area (Å²) >= 11 is 4.95. The van der Waals surface area contributed by atoms with E-state index >= 15 is 0 Å². The van der Waals surface area contributed by atoms with Crippen LogP contribution in [0.2, 0.25) is 0 Å². The van der Waals surface area contributed by atoms with E-state index < -0.39 is 0 Å². The summed E-state index contributed by atoms with van der Waals surface area (Å²) in [6, 6.07) is 13.7. The molecule has 0 atom stereocenters. The highest BCUT2D eigenvalue weighted by atomic mass is 79.9. The van der Waals surface area contributed by atoms with Gasteiger partial charge in [-0.2, -0.15) is 0 Å². The van der Waals surface area contributed by atoms with Crippen molar-refractivity contribution in [2.45, 2.75) is 13.8 Å². The summed E-state index contributed by atoms with van der Waals surface area (Å²) in [6.07, 6.45) is 0. The SMILES string of the molecule is Cc1cccc(NC(=O)CSCCOc2ccc(Br)cc2)c1C. The van der Waals surface area contributed by atoms with Crippen LogP contribution in [0.25, 0.3) is 0 Å². The van der Waals surface area contributed by atoms with Gasteiger partial charge < -0.3 is 10.1 Å². The van der Waals surface area contributed by atoms with Gasteiger partial charge in [0.2, 0.25) is 5.91 Å². The summed E-state index contributed by atoms with van der Waals surface area (Å²) in [6.45, 7) is 4.65. The average Bonchev–Trinajstić information content (AvgIpc) is 2.53. The Morgan fingerprint density at radius 1 is 1.17 bits per heavy atom. The molecule has 0 aliphatic carbocycles. The first-order valence-electron chi connectivity index (χ1n) is 7.38. The van der Waals surface area contributed by atoms with E-state index in [1.54, 1.807) is 11.8 Å². The molecule has 1 amide bonds. The van der Waals surface area contributed by atoms with Crippen molar-refractivity contribution >= 4 is 39.3 Å². The maximum Gasteiger partial charge on any atom is 0.234 e. The Bertz CT molecular complexity index is 659. The van der Waals surface area contributed by atoms with Gasteiger partial charge in [0, 0.05) is 15.9 Å². The van der Waals surface area contributed by atoms with Crippen molar-refractivity contribution in [3.05, 3.63) is 58.1 Å². The first-order chi connectivity index (χ1) is 11.1. The first kappa shape index (κ1) is 17.9. The number of hydrogen-bond donors (Lipinski definition) is 1. The van der Waals surface area contributed by atoms with Crippen LogP contribution < -0.4 is 10.1 Å². The van der Waals surface area contributed by atoms with E-state index in [0.29, 0.717) is 12.4 Å². The molecular formula is C18H20BrNO2S. The molecule has 0 saturated heterocycles. The second-order valence-electron chi connectivity index (χ2n) is 5.15. The van der Waals surface area contributed by atoms with Gasteiger partial charge in [-0.3, -0.25) is 4.79 Å². The smallest absolute Gasteiger partial charge is 0.234 e. The van der Waals surface area contributed by atoms with Crippen LogP contribution >= 0.6 is 27.7 Å². The van der Waals surface area contributed by atoms with Crippen LogP contribution in [0.1, 0.15) is 11.1 Å². The third kappa shape index (κ3) is 5.92. The van der Waals surface area contributed by atoms with Crippen molar-refractivity contribution in [2.75, 3.05) is 23.4 Å². The van der Waals surface area contributed by atoms with Crippen molar-refractivity contribution in [1.29, 1.82) is 0 Å². The summed E-state index contributed by atoms with van der Waals surface area (Å²) in [4.78, 5) is 12.0. The van der Waals surface area contributed by atoms with Crippen LogP contribution in [0.4, 0.5) is 5.69 Å². The number of halogens is 1. The Morgan fingerprint density at radius 3 is 2.65 bits per heavy atom. The fourth-order valence-electron chi connectivity index (χ4n) is 1.99. The molecule has 0 heterocycles. The molecule has 0 radical (unpaired) electrons. The summed E-state index contributed by atoms with van der Waals surface area (Å²) in [5.41, 5.74) is 3.18. The van der Waals surface area contributed by atoms with Crippen molar-refractivity contribution in [3.63, 3.8) is 0 Å². The van der Waals surface area contributed by atoms with E-state index in [2.05, 4.69) is 21.2 Å². The van der Waals surface area contributed by atoms with Crippen molar-refractivity contribution in [3.8, 4) is 5.75 Å². The number of carbonyl (C=O) groups excluding carboxylic acids is 1. The number of benzene rings is 2. The Balaban J connectivity index is 1.67. The van der Waals surface area contributed by atoms with E-state index in [4.69, 9.17) is 4.74 Å². The van der Waals surface area contributed by atoms with E-state index in [9.17, 15) is 4.79 Å². The lowest BCUT2D eigenvalue weighted by molar-refractivity contribution is -0.113. The molecule has 0 spiro atoms. The maximum absolute atomic E-state index is 12.0. The van der Waals surface area contributed by atoms with Gasteiger partial charge in [-0.05, 0) is 55.3 Å². The van der Waals surface area contributed by atoms with Gasteiger partial charge in [-0.25, -0.2) is 0 Å². The molecule has 2 rings (SSSR count). The number of anilines is 1. The number of aryl methyl sites for hydroxylation is 1. The van der Waals surface area contributed by atoms with Crippen LogP contribution in [-0.2, 0) is 4.79 Å². The number of amides is 1. The summed E-state index contributed by atoms with van der Waals surface area (Å²) < 4.78 is 6.65. The number of rotatable bonds is 7. The number of hydrogen-bond acceptors (Lipinski definition) is 3. The monoisotopic (exact) mass is 393 g/mol. The Kier molecular flexibility index (Phi) is 6.99. The van der Waals surface area contributed by atoms with Crippen molar-refractivity contribution in [1.82, 2.24) is 0 Å². The molecule has 2 aromatic rings. The van der Waals surface area contributed by atoms with Gasteiger partial charge in [-0.1, -0.05) is 28.1 Å². The predicted octanol–water partition coefficient (Wildman–Crippen LogP) is 4.82. The van der Waals surface area contributed by atoms with Crippen LogP contribution in [0, 0.1) is 13.8 Å². The molecule has 0 aliphatic rings. The Labute approximate surface area is 149 Å². The standard InChI is InChI=1S/C18H20BrNO2S/c1-13-4-3-5-17(14(13)2)20-18(21)12-23-11-10-22-16-8-6-15(19)7-9-16/h3-9H,10-12H2,1-2H3,(H,20,21). The lowest BCUT2D eigenvalue weighted by Gasteiger charge is -2.10. The lowest BCUT2D eigenvalue weighted by atomic mass is 10.1. The topological polar surface area (TPSA) is 38.3 Å². The van der Waals surface area contributed by atoms with E-state index in [1.165, 1.54) is 5.56 Å². The molecule has 0 aromatic heterocycles. The normalized spacial score (nSPS) is 10.4. The summed E-state index contributed by atoms with van der Waals surface area (Å²) in [5.74, 6) is 2.06. The van der Waals surface area contributed by atoms with Crippen LogP contribution in [-0.4, -0.2) is 24.0 Å². The molecule has 0 saturated carbocycles. The third-order valence-electron chi connectivity index (χ3n) is 3.42. The largest absolute Gasteiger partial charge is 0.493 e. The number of carbonyl (C=O) groups is 1. The fraction of sp³-hybridized carbons (Fsp3) is 0.278. The molecule has 0 bridgehead atoms. The van der Waals surface area contributed by atoms with E-state index in [0.717, 1.165) is 27.2 Å². The van der Waals surface area contributed by atoms with E-state index in [1.807, 2.05) is 56.3 Å². The molecule has 0 aliphatic heterocycles. The highest BCUT2D eigenvalue weighted by molar-refractivity contribution is 9.10. The van der Waals surface area contributed by atoms with E-state index in [-0.39, 0.29) is 5.91 Å². The van der Waals surface area contributed by atoms with Gasteiger partial charge in [-0.15, -0.1) is 11.8 Å². The van der Waals surface area contributed by atoms with Crippen molar-refractivity contribution in [2.24, 2.45) is 0 Å². The minimum Gasteiger partial charge on any atom is -0.493 e. The summed E-state index contributed by atoms with van der Waals surface area (Å²) in [5, 5.41) is 2.96. The van der Waals surface area contributed by atoms with Gasteiger partial charge in [0.15, 0.2) is 0 Å². The minimum atomic E-state index is 0.0207. The van der Waals surface area contributed by atoms with Gasteiger partial charge in [0.05, 0.1) is 12.4 Å². The lowest BCUT2D eigenvalue weighted by Crippen LogP contribution is -2.16. The Morgan fingerprint density at radius 2 is 1.91 bits per heavy atom. The minimum absolute atomic E-state index is 0.0207. The molecule has 23 heavy (non-hydrogen) atoms. The highest BCUT2D eigenvalue weighted by Gasteiger charge is 2.06. The average molecular weight is 394 g/mol. The summed E-state index contributed by atoms with van der Waals surface area (Å²) in [7, 11) is 0. The van der Waals surface area contributed by atoms with Gasteiger partial charge >= 0.3 is 0 Å². The third-order valence-corrected chi connectivity index (χ3v) is 4.87. The number of ether oxygens (including phenoxy) is 1. The van der Waals surface area contributed by atoms with Crippen LogP contribution in [0.15, 0.2) is 46.9 Å². The number of thioether (sulfide) groups is 1. The quantitative estimate of drug-likeness (QED) is 0.685. The molecule has 5 heteroatoms. The fourth-order valence-corrected chi connectivity index (χ4v) is 2.85. The number of nitrogens with one attached hydrogen (secondary N) is 1. The molecular weight excluding hydrogens is 374 g/mol. The second-order valence-corrected chi connectivity index (χ2v) is 7.17. The van der Waals surface area contributed by atoms with Gasteiger partial charge in [0.1, 0.15) is 5.75 Å². The molecule has 2 aromatic carbocycles. The predicted molar refractivity (Wildman–Crippen MR) is 102 cm³/mol. The maximum atomic E-state index is 12.0. The molecule has 0 unspecified atom stereocenters. The van der Waals surface area contributed by atoms with Crippen molar-refractivity contribution < 1.29 is 9.53 Å². The van der Waals surface area contributed by atoms with Crippen LogP contribution in [0.3, 0.4) is 0 Å². The highest BCUT2D eigenvalue weighted by Crippen LogP contribution is 2.19. The zero-order valence-electron chi connectivity index (χ0n) is 13.3. The first-order valence-corrected chi connectivity index (χ1v) is 9.33. The molecule has 1 N–H and O–H groups in total. The second kappa shape index (κ2) is 8.99. The Hall–Kier alpha value is -1.46. The molecule has 3 nitrogen and oxygen atoms in total. The van der Waals surface area contributed by atoms with Crippen LogP contribution in [0.5, 0.6) is 5.75 Å². The van der Waals surface area contributed by atoms with Gasteiger partial charge in [0.25, 0.3) is 0 Å². The zero-order chi connectivity index (χ0) is 16.7. The zero-order valence-corrected chi connectivity index (χ0v) is 15.7.